The molecule has 1 amide bonds. The highest BCUT2D eigenvalue weighted by atomic mass is 16.5. The Bertz CT molecular complexity index is 1080. The largest absolute Gasteiger partial charge is 0.501 e. The smallest absolute Gasteiger partial charge is 0.233 e. The Hall–Kier alpha value is -2.79. The predicted molar refractivity (Wildman–Crippen MR) is 148 cm³/mol. The second kappa shape index (κ2) is 12.3. The lowest BCUT2D eigenvalue weighted by molar-refractivity contribution is -0.122. The number of carbonyl (C=O) groups is 1. The van der Waals surface area contributed by atoms with Crippen LogP contribution in [0.15, 0.2) is 48.8 Å². The molecule has 2 heterocycles. The molecule has 0 aliphatic carbocycles. The van der Waals surface area contributed by atoms with E-state index in [4.69, 9.17) is 4.74 Å². The zero-order valence-electron chi connectivity index (χ0n) is 22.4. The number of rotatable bonds is 10. The van der Waals surface area contributed by atoms with Gasteiger partial charge in [-0.05, 0) is 73.5 Å². The number of carbonyl (C=O) groups excluding carboxylic acids is 1. The van der Waals surface area contributed by atoms with Gasteiger partial charge in [-0.25, -0.2) is 0 Å². The van der Waals surface area contributed by atoms with E-state index >= 15 is 0 Å². The first kappa shape index (κ1) is 26.8. The molecule has 1 aliphatic heterocycles. The number of nitrogens with zero attached hydrogens (tertiary/aromatic N) is 1. The second-order valence-electron chi connectivity index (χ2n) is 10.0. The predicted octanol–water partition coefficient (Wildman–Crippen LogP) is 6.36. The van der Waals surface area contributed by atoms with Gasteiger partial charge < -0.3 is 15.0 Å². The van der Waals surface area contributed by atoms with Crippen molar-refractivity contribution in [3.63, 3.8) is 0 Å². The number of H-pyrrole nitrogens is 1. The summed E-state index contributed by atoms with van der Waals surface area (Å²) in [4.78, 5) is 17.7. The minimum absolute atomic E-state index is 0.0914. The number of likely N-dealkylation sites (N-methyl/N-ethyl adjacent to an activating group) is 1. The molecule has 0 unspecified atom stereocenters. The third-order valence-electron chi connectivity index (χ3n) is 7.36. The van der Waals surface area contributed by atoms with E-state index in [1.807, 2.05) is 6.08 Å². The van der Waals surface area contributed by atoms with Crippen LogP contribution in [-0.4, -0.2) is 49.6 Å². The number of piperidine rings is 1. The van der Waals surface area contributed by atoms with Gasteiger partial charge in [-0.15, -0.1) is 0 Å². The highest BCUT2D eigenvalue weighted by Crippen LogP contribution is 2.37. The minimum atomic E-state index is 0.0914. The van der Waals surface area contributed by atoms with Gasteiger partial charge in [-0.3, -0.25) is 9.69 Å². The number of ether oxygens (including phenoxy) is 1. The molecule has 0 spiro atoms. The van der Waals surface area contributed by atoms with Crippen LogP contribution < -0.4 is 5.32 Å². The summed E-state index contributed by atoms with van der Waals surface area (Å²) in [5, 5.41) is 4.03. The quantitative estimate of drug-likeness (QED) is 0.309. The van der Waals surface area contributed by atoms with Crippen LogP contribution in [0.25, 0.3) is 16.5 Å². The number of hydrogen-bond acceptors (Lipinski definition) is 3. The number of nitrogens with one attached hydrogen (secondary N) is 2. The van der Waals surface area contributed by atoms with Crippen molar-refractivity contribution in [1.29, 1.82) is 0 Å². The molecule has 0 bridgehead atoms. The van der Waals surface area contributed by atoms with Crippen molar-refractivity contribution >= 4 is 22.4 Å². The molecule has 190 valence electrons. The molecule has 2 N–H and O–H groups in total. The number of benzene rings is 1. The minimum Gasteiger partial charge on any atom is -0.501 e. The first-order valence-electron chi connectivity index (χ1n) is 13.0. The number of fused-ring (bicyclic) bond motifs is 1. The maximum atomic E-state index is 11.7. The molecule has 1 atom stereocenters. The van der Waals surface area contributed by atoms with E-state index in [2.05, 4.69) is 79.8 Å². The van der Waals surface area contributed by atoms with E-state index < -0.39 is 0 Å². The molecular weight excluding hydrogens is 434 g/mol. The van der Waals surface area contributed by atoms with E-state index in [-0.39, 0.29) is 5.91 Å². The lowest BCUT2D eigenvalue weighted by Crippen LogP contribution is -2.40. The maximum absolute atomic E-state index is 11.7. The van der Waals surface area contributed by atoms with Crippen molar-refractivity contribution in [2.45, 2.75) is 58.8 Å². The molecular formula is C30H43N3O2. The summed E-state index contributed by atoms with van der Waals surface area (Å²) in [6.07, 6.45) is 9.26. The summed E-state index contributed by atoms with van der Waals surface area (Å²) in [6.45, 7) is 15.3. The van der Waals surface area contributed by atoms with E-state index in [1.54, 1.807) is 14.2 Å². The molecule has 0 radical (unpaired) electrons. The number of aromatic nitrogens is 1. The van der Waals surface area contributed by atoms with Crippen LogP contribution >= 0.6 is 0 Å². The van der Waals surface area contributed by atoms with E-state index in [9.17, 15) is 4.79 Å². The molecule has 1 saturated heterocycles. The monoisotopic (exact) mass is 477 g/mol. The summed E-state index contributed by atoms with van der Waals surface area (Å²) in [5.74, 6) is 2.31. The summed E-state index contributed by atoms with van der Waals surface area (Å²) in [6, 6.07) is 6.90. The number of methoxy groups -OCH3 is 1. The Labute approximate surface area is 211 Å². The molecule has 5 heteroatoms. The number of aromatic amines is 1. The average Bonchev–Trinajstić information content (AvgIpc) is 3.25. The second-order valence-corrected chi connectivity index (χ2v) is 10.0. The topological polar surface area (TPSA) is 57.4 Å². The molecule has 0 saturated carbocycles. The Kier molecular flexibility index (Phi) is 9.39. The summed E-state index contributed by atoms with van der Waals surface area (Å²) in [7, 11) is 3.46. The number of allylic oxidation sites excluding steroid dienone is 5. The van der Waals surface area contributed by atoms with E-state index in [0.717, 1.165) is 54.9 Å². The van der Waals surface area contributed by atoms with Crippen molar-refractivity contribution in [3.05, 3.63) is 65.6 Å². The Balaban J connectivity index is 1.97. The normalized spacial score (nSPS) is 17.1. The average molecular weight is 478 g/mol. The van der Waals surface area contributed by atoms with Crippen molar-refractivity contribution < 1.29 is 9.53 Å². The van der Waals surface area contributed by atoms with Gasteiger partial charge in [-0.2, -0.15) is 0 Å². The van der Waals surface area contributed by atoms with E-state index in [1.165, 1.54) is 16.5 Å². The molecule has 1 fully saturated rings. The van der Waals surface area contributed by atoms with Gasteiger partial charge in [0.15, 0.2) is 0 Å². The molecule has 35 heavy (non-hydrogen) atoms. The summed E-state index contributed by atoms with van der Waals surface area (Å²) in [5.41, 5.74) is 6.14. The molecule has 2 aromatic rings. The fraction of sp³-hybridized carbons (Fsp3) is 0.500. The molecule has 5 nitrogen and oxygen atoms in total. The fourth-order valence-corrected chi connectivity index (χ4v) is 5.11. The molecule has 1 aromatic carbocycles. The maximum Gasteiger partial charge on any atom is 0.233 e. The van der Waals surface area contributed by atoms with Gasteiger partial charge in [0, 0.05) is 29.4 Å². The standard InChI is InChI=1S/C30H43N3O2/c1-8-10-24(18-27(35-7)21(5)9-2)30-29(20(3)4)25-17-23(11-12-26(25)32-30)22-13-15-33(16-14-22)19-28(34)31-6/h8,10-12,17-18,20-22,32H,1,9,13-16,19H2,2-7H3,(H,31,34)/b24-10+,27-18+/t21-/m1/s1. The van der Waals surface area contributed by atoms with Crippen molar-refractivity contribution in [2.24, 2.45) is 5.92 Å². The van der Waals surface area contributed by atoms with Gasteiger partial charge in [0.25, 0.3) is 0 Å². The van der Waals surface area contributed by atoms with Gasteiger partial charge in [0.1, 0.15) is 0 Å². The lowest BCUT2D eigenvalue weighted by Gasteiger charge is -2.31. The number of amides is 1. The van der Waals surface area contributed by atoms with Crippen LogP contribution in [0.3, 0.4) is 0 Å². The summed E-state index contributed by atoms with van der Waals surface area (Å²) >= 11 is 0. The van der Waals surface area contributed by atoms with Crippen molar-refractivity contribution in [3.8, 4) is 0 Å². The lowest BCUT2D eigenvalue weighted by atomic mass is 9.87. The van der Waals surface area contributed by atoms with Gasteiger partial charge in [0.05, 0.1) is 25.1 Å². The van der Waals surface area contributed by atoms with Crippen LogP contribution in [0.5, 0.6) is 0 Å². The fourth-order valence-electron chi connectivity index (χ4n) is 5.11. The van der Waals surface area contributed by atoms with Crippen LogP contribution in [0.2, 0.25) is 0 Å². The molecule has 3 rings (SSSR count). The molecule has 1 aromatic heterocycles. The van der Waals surface area contributed by atoms with Crippen molar-refractivity contribution in [1.82, 2.24) is 15.2 Å². The van der Waals surface area contributed by atoms with Crippen LogP contribution in [0.4, 0.5) is 0 Å². The van der Waals surface area contributed by atoms with Gasteiger partial charge in [0.2, 0.25) is 5.91 Å². The van der Waals surface area contributed by atoms with Crippen molar-refractivity contribution in [2.75, 3.05) is 33.8 Å². The van der Waals surface area contributed by atoms with Gasteiger partial charge >= 0.3 is 0 Å². The highest BCUT2D eigenvalue weighted by molar-refractivity contribution is 5.92. The number of likely N-dealkylation sites (tertiary alicyclic amines) is 1. The van der Waals surface area contributed by atoms with Crippen LogP contribution in [0.1, 0.15) is 75.6 Å². The highest BCUT2D eigenvalue weighted by Gasteiger charge is 2.24. The first-order chi connectivity index (χ1) is 16.8. The summed E-state index contributed by atoms with van der Waals surface area (Å²) < 4.78 is 5.76. The zero-order valence-corrected chi connectivity index (χ0v) is 22.4. The Morgan fingerprint density at radius 3 is 2.57 bits per heavy atom. The van der Waals surface area contributed by atoms with E-state index in [0.29, 0.717) is 24.3 Å². The zero-order chi connectivity index (χ0) is 25.5. The Morgan fingerprint density at radius 2 is 2.00 bits per heavy atom. The van der Waals surface area contributed by atoms with Gasteiger partial charge in [-0.1, -0.05) is 52.5 Å². The third-order valence-corrected chi connectivity index (χ3v) is 7.36. The van der Waals surface area contributed by atoms with Crippen LogP contribution in [0, 0.1) is 5.92 Å². The Morgan fingerprint density at radius 1 is 1.29 bits per heavy atom. The first-order valence-corrected chi connectivity index (χ1v) is 13.0. The number of hydrogen-bond donors (Lipinski definition) is 2. The SMILES string of the molecule is C=C/C=C(\C=C(\OC)[C@H](C)CC)c1[nH]c2ccc(C3CCN(CC(=O)NC)CC3)cc2c1C(C)C. The third kappa shape index (κ3) is 6.26. The molecule has 1 aliphatic rings. The van der Waals surface area contributed by atoms with Crippen LogP contribution in [-0.2, 0) is 9.53 Å².